The third-order valence-corrected chi connectivity index (χ3v) is 3.55. The van der Waals surface area contributed by atoms with Crippen molar-refractivity contribution in [1.82, 2.24) is 10.3 Å². The lowest BCUT2D eigenvalue weighted by molar-refractivity contribution is -0.119. The fraction of sp³-hybridized carbons (Fsp3) is 0.154. The van der Waals surface area contributed by atoms with Crippen molar-refractivity contribution in [3.63, 3.8) is 0 Å². The maximum absolute atomic E-state index is 11.4. The van der Waals surface area contributed by atoms with Crippen LogP contribution >= 0.6 is 11.3 Å². The number of carbonyl (C=O) groups excluding carboxylic acids is 2. The third kappa shape index (κ3) is 3.40. The fourth-order valence-corrected chi connectivity index (χ4v) is 2.64. The zero-order valence-corrected chi connectivity index (χ0v) is 11.4. The van der Waals surface area contributed by atoms with Gasteiger partial charge in [-0.15, -0.1) is 11.3 Å². The van der Waals surface area contributed by atoms with E-state index in [9.17, 15) is 9.59 Å². The molecule has 0 spiro atoms. The summed E-state index contributed by atoms with van der Waals surface area (Å²) >= 11 is 1.43. The van der Waals surface area contributed by atoms with Gasteiger partial charge in [0.15, 0.2) is 0 Å². The number of hydrogen-bond donors (Lipinski definition) is 3. The number of urea groups is 1. The second-order valence-electron chi connectivity index (χ2n) is 4.09. The monoisotopic (exact) mass is 290 g/mol. The number of imide groups is 1. The molecule has 0 aliphatic carbocycles. The maximum atomic E-state index is 11.4. The number of carbonyl (C=O) groups is 2. The van der Waals surface area contributed by atoms with E-state index in [-0.39, 0.29) is 6.42 Å². The van der Waals surface area contributed by atoms with Crippen LogP contribution in [0.1, 0.15) is 11.3 Å². The average Bonchev–Trinajstić information content (AvgIpc) is 2.85. The Morgan fingerprint density at radius 3 is 2.75 bits per heavy atom. The number of primary amides is 1. The minimum Gasteiger partial charge on any atom is -0.351 e. The molecule has 0 unspecified atom stereocenters. The minimum atomic E-state index is -0.862. The van der Waals surface area contributed by atoms with Crippen LogP contribution in [-0.4, -0.2) is 16.9 Å². The lowest BCUT2D eigenvalue weighted by atomic mass is 10.1. The Bertz CT molecular complexity index is 639. The molecule has 1 heterocycles. The summed E-state index contributed by atoms with van der Waals surface area (Å²) in [5.74, 6) is -0.471. The summed E-state index contributed by atoms with van der Waals surface area (Å²) in [5, 5.41) is 4.59. The Morgan fingerprint density at radius 2 is 2.05 bits per heavy atom. The van der Waals surface area contributed by atoms with Gasteiger partial charge in [-0.25, -0.2) is 9.78 Å². The Labute approximate surface area is 119 Å². The van der Waals surface area contributed by atoms with E-state index >= 15 is 0 Å². The molecule has 2 rings (SSSR count). The van der Waals surface area contributed by atoms with Crippen LogP contribution in [0.25, 0.3) is 10.6 Å². The van der Waals surface area contributed by atoms with Crippen molar-refractivity contribution in [3.8, 4) is 10.6 Å². The smallest absolute Gasteiger partial charge is 0.318 e. The van der Waals surface area contributed by atoms with Crippen molar-refractivity contribution >= 4 is 23.3 Å². The molecule has 6 nitrogen and oxygen atoms in total. The van der Waals surface area contributed by atoms with Gasteiger partial charge in [-0.2, -0.15) is 0 Å². The number of rotatable bonds is 4. The number of nitrogens with zero attached hydrogens (tertiary/aromatic N) is 1. The second kappa shape index (κ2) is 6.27. The van der Waals surface area contributed by atoms with Crippen molar-refractivity contribution in [2.45, 2.75) is 13.0 Å². The average molecular weight is 290 g/mol. The van der Waals surface area contributed by atoms with Gasteiger partial charge in [-0.3, -0.25) is 10.1 Å². The molecular weight excluding hydrogens is 276 g/mol. The predicted octanol–water partition coefficient (Wildman–Crippen LogP) is 1.01. The Kier molecular flexibility index (Phi) is 4.44. The number of aromatic nitrogens is 1. The van der Waals surface area contributed by atoms with E-state index in [0.717, 1.165) is 16.1 Å². The molecule has 0 radical (unpaired) electrons. The normalized spacial score (nSPS) is 10.2. The molecule has 0 saturated carbocycles. The fourth-order valence-electron chi connectivity index (χ4n) is 1.76. The molecule has 1 aromatic heterocycles. The van der Waals surface area contributed by atoms with Gasteiger partial charge in [0.25, 0.3) is 0 Å². The first-order chi connectivity index (χ1) is 9.60. The first kappa shape index (κ1) is 14.2. The summed E-state index contributed by atoms with van der Waals surface area (Å²) in [6.07, 6.45) is 0.0181. The molecular formula is C13H14N4O2S. The van der Waals surface area contributed by atoms with Crippen LogP contribution in [-0.2, 0) is 17.8 Å². The number of amides is 3. The number of nitrogens with one attached hydrogen (secondary N) is 1. The SMILES string of the molecule is NCc1ccccc1-c1nc(CC(=O)NC(N)=O)cs1. The van der Waals surface area contributed by atoms with Crippen molar-refractivity contribution in [1.29, 1.82) is 0 Å². The first-order valence-electron chi connectivity index (χ1n) is 5.92. The van der Waals surface area contributed by atoms with E-state index in [4.69, 9.17) is 11.5 Å². The molecule has 2 aromatic rings. The summed E-state index contributed by atoms with van der Waals surface area (Å²) in [6.45, 7) is 0.424. The van der Waals surface area contributed by atoms with E-state index in [1.54, 1.807) is 5.38 Å². The van der Waals surface area contributed by atoms with Crippen LogP contribution in [0.15, 0.2) is 29.6 Å². The number of nitrogens with two attached hydrogens (primary N) is 2. The molecule has 0 bridgehead atoms. The van der Waals surface area contributed by atoms with Gasteiger partial charge in [-0.05, 0) is 5.56 Å². The van der Waals surface area contributed by atoms with Crippen LogP contribution < -0.4 is 16.8 Å². The maximum Gasteiger partial charge on any atom is 0.318 e. The van der Waals surface area contributed by atoms with Crippen molar-refractivity contribution < 1.29 is 9.59 Å². The molecule has 0 fully saturated rings. The highest BCUT2D eigenvalue weighted by Gasteiger charge is 2.11. The Morgan fingerprint density at radius 1 is 1.30 bits per heavy atom. The lowest BCUT2D eigenvalue weighted by Crippen LogP contribution is -2.35. The van der Waals surface area contributed by atoms with E-state index in [1.165, 1.54) is 11.3 Å². The molecule has 20 heavy (non-hydrogen) atoms. The van der Waals surface area contributed by atoms with E-state index in [0.29, 0.717) is 12.2 Å². The molecule has 7 heteroatoms. The van der Waals surface area contributed by atoms with Gasteiger partial charge in [0.1, 0.15) is 5.01 Å². The number of thiazole rings is 1. The first-order valence-corrected chi connectivity index (χ1v) is 6.80. The minimum absolute atomic E-state index is 0.0181. The molecule has 104 valence electrons. The van der Waals surface area contributed by atoms with Crippen LogP contribution in [0.4, 0.5) is 4.79 Å². The van der Waals surface area contributed by atoms with Crippen LogP contribution in [0, 0.1) is 0 Å². The van der Waals surface area contributed by atoms with Crippen molar-refractivity contribution in [3.05, 3.63) is 40.9 Å². The van der Waals surface area contributed by atoms with Crippen LogP contribution in [0.2, 0.25) is 0 Å². The second-order valence-corrected chi connectivity index (χ2v) is 4.95. The molecule has 5 N–H and O–H groups in total. The van der Waals surface area contributed by atoms with Gasteiger partial charge in [0, 0.05) is 17.5 Å². The highest BCUT2D eigenvalue weighted by atomic mass is 32.1. The molecule has 1 aromatic carbocycles. The van der Waals surface area contributed by atoms with Crippen LogP contribution in [0.5, 0.6) is 0 Å². The topological polar surface area (TPSA) is 111 Å². The molecule has 0 saturated heterocycles. The summed E-state index contributed by atoms with van der Waals surface area (Å²) in [7, 11) is 0. The largest absolute Gasteiger partial charge is 0.351 e. The standard InChI is InChI=1S/C13H14N4O2S/c14-6-8-3-1-2-4-10(8)12-16-9(7-20-12)5-11(18)17-13(15)19/h1-4,7H,5-6,14H2,(H3,15,17,18,19). The predicted molar refractivity (Wildman–Crippen MR) is 76.9 cm³/mol. The van der Waals surface area contributed by atoms with Gasteiger partial charge in [-0.1, -0.05) is 24.3 Å². The number of benzene rings is 1. The highest BCUT2D eigenvalue weighted by molar-refractivity contribution is 7.13. The summed E-state index contributed by atoms with van der Waals surface area (Å²) < 4.78 is 0. The summed E-state index contributed by atoms with van der Waals surface area (Å²) in [6, 6.07) is 6.85. The van der Waals surface area contributed by atoms with Gasteiger partial charge in [0.2, 0.25) is 5.91 Å². The quantitative estimate of drug-likeness (QED) is 0.780. The lowest BCUT2D eigenvalue weighted by Gasteiger charge is -2.03. The number of hydrogen-bond acceptors (Lipinski definition) is 5. The molecule has 0 aliphatic heterocycles. The highest BCUT2D eigenvalue weighted by Crippen LogP contribution is 2.26. The van der Waals surface area contributed by atoms with Crippen molar-refractivity contribution in [2.75, 3.05) is 0 Å². The van der Waals surface area contributed by atoms with E-state index in [1.807, 2.05) is 29.6 Å². The summed E-state index contributed by atoms with van der Waals surface area (Å²) in [4.78, 5) is 26.4. The van der Waals surface area contributed by atoms with Gasteiger partial charge in [0.05, 0.1) is 12.1 Å². The van der Waals surface area contributed by atoms with Gasteiger partial charge < -0.3 is 11.5 Å². The zero-order chi connectivity index (χ0) is 14.5. The molecule has 0 aliphatic rings. The van der Waals surface area contributed by atoms with Crippen molar-refractivity contribution in [2.24, 2.45) is 11.5 Å². The third-order valence-electron chi connectivity index (χ3n) is 2.62. The Balaban J connectivity index is 2.16. The molecule has 3 amide bonds. The van der Waals surface area contributed by atoms with E-state index in [2.05, 4.69) is 4.98 Å². The van der Waals surface area contributed by atoms with E-state index < -0.39 is 11.9 Å². The Hall–Kier alpha value is -2.25. The summed E-state index contributed by atoms with van der Waals surface area (Å²) in [5.41, 5.74) is 13.1. The van der Waals surface area contributed by atoms with Crippen LogP contribution in [0.3, 0.4) is 0 Å². The molecule has 0 atom stereocenters. The zero-order valence-electron chi connectivity index (χ0n) is 10.6. The van der Waals surface area contributed by atoms with Gasteiger partial charge >= 0.3 is 6.03 Å².